The second kappa shape index (κ2) is 7.09. The predicted molar refractivity (Wildman–Crippen MR) is 84.3 cm³/mol. The molecule has 0 radical (unpaired) electrons. The Labute approximate surface area is 132 Å². The van der Waals surface area contributed by atoms with Crippen LogP contribution in [0.25, 0.3) is 0 Å². The van der Waals surface area contributed by atoms with Crippen LogP contribution < -0.4 is 5.32 Å². The molecule has 0 bridgehead atoms. The highest BCUT2D eigenvalue weighted by molar-refractivity contribution is 7.89. The Morgan fingerprint density at radius 3 is 2.80 bits per heavy atom. The SMILES string of the molecule is CNCC1CCCN1S(=O)(=O)c1cc(Cl)ccc1C.Cl. The Kier molecular flexibility index (Phi) is 6.28. The molecule has 1 fully saturated rings. The lowest BCUT2D eigenvalue weighted by molar-refractivity contribution is 0.379. The summed E-state index contributed by atoms with van der Waals surface area (Å²) < 4.78 is 27.1. The number of hydrogen-bond donors (Lipinski definition) is 1. The van der Waals surface area contributed by atoms with Gasteiger partial charge in [0.2, 0.25) is 10.0 Å². The first-order valence-electron chi connectivity index (χ1n) is 6.39. The first-order valence-corrected chi connectivity index (χ1v) is 8.21. The van der Waals surface area contributed by atoms with E-state index in [4.69, 9.17) is 11.6 Å². The Morgan fingerprint density at radius 1 is 1.45 bits per heavy atom. The molecule has 7 heteroatoms. The van der Waals surface area contributed by atoms with Crippen LogP contribution in [-0.2, 0) is 10.0 Å². The van der Waals surface area contributed by atoms with E-state index in [-0.39, 0.29) is 18.4 Å². The average Bonchev–Trinajstić information content (AvgIpc) is 2.81. The summed E-state index contributed by atoms with van der Waals surface area (Å²) in [7, 11) is -1.61. The average molecular weight is 339 g/mol. The smallest absolute Gasteiger partial charge is 0.243 e. The third kappa shape index (κ3) is 3.46. The summed E-state index contributed by atoms with van der Waals surface area (Å²) in [5.74, 6) is 0. The standard InChI is InChI=1S/C13H19ClN2O2S.ClH/c1-10-5-6-11(14)8-13(10)19(17,18)16-7-3-4-12(16)9-15-2;/h5-6,8,12,15H,3-4,7,9H2,1-2H3;1H. The molecule has 1 aromatic rings. The highest BCUT2D eigenvalue weighted by atomic mass is 35.5. The fourth-order valence-electron chi connectivity index (χ4n) is 2.54. The van der Waals surface area contributed by atoms with Gasteiger partial charge in [0.15, 0.2) is 0 Å². The van der Waals surface area contributed by atoms with Gasteiger partial charge < -0.3 is 5.32 Å². The van der Waals surface area contributed by atoms with E-state index in [1.165, 1.54) is 0 Å². The monoisotopic (exact) mass is 338 g/mol. The Morgan fingerprint density at radius 2 is 2.15 bits per heavy atom. The Bertz CT molecular complexity index is 563. The van der Waals surface area contributed by atoms with E-state index < -0.39 is 10.0 Å². The summed E-state index contributed by atoms with van der Waals surface area (Å²) in [5, 5.41) is 3.51. The number of sulfonamides is 1. The maximum Gasteiger partial charge on any atom is 0.243 e. The Balaban J connectivity index is 0.00000200. The van der Waals surface area contributed by atoms with Crippen LogP contribution in [0.1, 0.15) is 18.4 Å². The van der Waals surface area contributed by atoms with Gasteiger partial charge in [-0.25, -0.2) is 8.42 Å². The molecule has 1 aliphatic rings. The van der Waals surface area contributed by atoms with Crippen molar-refractivity contribution < 1.29 is 8.42 Å². The normalized spacial score (nSPS) is 19.9. The molecular weight excluding hydrogens is 319 g/mol. The second-order valence-electron chi connectivity index (χ2n) is 4.88. The molecule has 1 N–H and O–H groups in total. The minimum absolute atomic E-state index is 0. The zero-order valence-electron chi connectivity index (χ0n) is 11.6. The van der Waals surface area contributed by atoms with Crippen LogP contribution in [0.3, 0.4) is 0 Å². The van der Waals surface area contributed by atoms with Gasteiger partial charge >= 0.3 is 0 Å². The van der Waals surface area contributed by atoms with Gasteiger partial charge in [-0.3, -0.25) is 0 Å². The number of aryl methyl sites for hydroxylation is 1. The van der Waals surface area contributed by atoms with Crippen molar-refractivity contribution in [2.75, 3.05) is 20.1 Å². The number of benzene rings is 1. The van der Waals surface area contributed by atoms with Crippen LogP contribution in [0.2, 0.25) is 5.02 Å². The van der Waals surface area contributed by atoms with Gasteiger partial charge in [-0.05, 0) is 44.5 Å². The fraction of sp³-hybridized carbons (Fsp3) is 0.538. The van der Waals surface area contributed by atoms with Gasteiger partial charge in [0.1, 0.15) is 0 Å². The highest BCUT2D eigenvalue weighted by Crippen LogP contribution is 2.29. The molecule has 0 spiro atoms. The van der Waals surface area contributed by atoms with E-state index in [1.54, 1.807) is 29.4 Å². The molecule has 0 aromatic heterocycles. The second-order valence-corrected chi connectivity index (χ2v) is 7.17. The van der Waals surface area contributed by atoms with E-state index >= 15 is 0 Å². The number of nitrogens with zero attached hydrogens (tertiary/aromatic N) is 1. The molecule has 1 atom stereocenters. The van der Waals surface area contributed by atoms with Crippen molar-refractivity contribution in [3.05, 3.63) is 28.8 Å². The van der Waals surface area contributed by atoms with E-state index in [0.29, 0.717) is 23.0 Å². The molecule has 2 rings (SSSR count). The summed E-state index contributed by atoms with van der Waals surface area (Å²) in [4.78, 5) is 0.322. The van der Waals surface area contributed by atoms with Gasteiger partial charge in [0.25, 0.3) is 0 Å². The van der Waals surface area contributed by atoms with Crippen LogP contribution in [0.15, 0.2) is 23.1 Å². The molecule has 0 saturated carbocycles. The van der Waals surface area contributed by atoms with Crippen molar-refractivity contribution in [3.8, 4) is 0 Å². The van der Waals surface area contributed by atoms with Gasteiger partial charge in [-0.2, -0.15) is 4.31 Å². The van der Waals surface area contributed by atoms with Gasteiger partial charge in [-0.1, -0.05) is 17.7 Å². The van der Waals surface area contributed by atoms with Gasteiger partial charge in [-0.15, -0.1) is 12.4 Å². The number of hydrogen-bond acceptors (Lipinski definition) is 3. The number of nitrogens with one attached hydrogen (secondary N) is 1. The van der Waals surface area contributed by atoms with Crippen molar-refractivity contribution in [2.24, 2.45) is 0 Å². The van der Waals surface area contributed by atoms with Crippen molar-refractivity contribution in [1.82, 2.24) is 9.62 Å². The van der Waals surface area contributed by atoms with Crippen molar-refractivity contribution in [3.63, 3.8) is 0 Å². The maximum absolute atomic E-state index is 12.7. The van der Waals surface area contributed by atoms with Crippen LogP contribution >= 0.6 is 24.0 Å². The van der Waals surface area contributed by atoms with E-state index in [9.17, 15) is 8.42 Å². The van der Waals surface area contributed by atoms with E-state index in [1.807, 2.05) is 7.05 Å². The third-order valence-electron chi connectivity index (χ3n) is 3.50. The molecule has 20 heavy (non-hydrogen) atoms. The zero-order valence-corrected chi connectivity index (χ0v) is 14.0. The molecular formula is C13H20Cl2N2O2S. The number of likely N-dealkylation sites (N-methyl/N-ethyl adjacent to an activating group) is 1. The fourth-order valence-corrected chi connectivity index (χ4v) is 4.73. The van der Waals surface area contributed by atoms with Gasteiger partial charge in [0.05, 0.1) is 4.90 Å². The summed E-state index contributed by atoms with van der Waals surface area (Å²) in [6.07, 6.45) is 1.81. The lowest BCUT2D eigenvalue weighted by Gasteiger charge is -2.24. The Hall–Kier alpha value is -0.330. The molecule has 1 unspecified atom stereocenters. The van der Waals surface area contributed by atoms with E-state index in [0.717, 1.165) is 18.4 Å². The lowest BCUT2D eigenvalue weighted by atomic mass is 10.2. The molecule has 1 heterocycles. The maximum atomic E-state index is 12.7. The molecule has 0 amide bonds. The summed E-state index contributed by atoms with van der Waals surface area (Å²) in [6, 6.07) is 5.04. The minimum Gasteiger partial charge on any atom is -0.318 e. The van der Waals surface area contributed by atoms with Gasteiger partial charge in [0, 0.05) is 24.2 Å². The first-order chi connectivity index (χ1) is 8.96. The molecule has 0 aliphatic carbocycles. The molecule has 1 saturated heterocycles. The van der Waals surface area contributed by atoms with Crippen molar-refractivity contribution in [1.29, 1.82) is 0 Å². The quantitative estimate of drug-likeness (QED) is 0.917. The molecule has 4 nitrogen and oxygen atoms in total. The predicted octanol–water partition coefficient (Wildman–Crippen LogP) is 2.44. The highest BCUT2D eigenvalue weighted by Gasteiger charge is 2.35. The summed E-state index contributed by atoms with van der Waals surface area (Å²) >= 11 is 5.93. The third-order valence-corrected chi connectivity index (χ3v) is 5.83. The van der Waals surface area contributed by atoms with Crippen molar-refractivity contribution in [2.45, 2.75) is 30.7 Å². The number of halogens is 2. The van der Waals surface area contributed by atoms with Crippen LogP contribution in [0, 0.1) is 6.92 Å². The topological polar surface area (TPSA) is 49.4 Å². The number of rotatable bonds is 4. The molecule has 1 aromatic carbocycles. The molecule has 1 aliphatic heterocycles. The van der Waals surface area contributed by atoms with Crippen LogP contribution in [0.4, 0.5) is 0 Å². The lowest BCUT2D eigenvalue weighted by Crippen LogP contribution is -2.40. The van der Waals surface area contributed by atoms with Crippen LogP contribution in [-0.4, -0.2) is 38.9 Å². The summed E-state index contributed by atoms with van der Waals surface area (Å²) in [6.45, 7) is 3.06. The zero-order chi connectivity index (χ0) is 14.0. The first kappa shape index (κ1) is 17.7. The van der Waals surface area contributed by atoms with Crippen LogP contribution in [0.5, 0.6) is 0 Å². The summed E-state index contributed by atoms with van der Waals surface area (Å²) in [5.41, 5.74) is 0.736. The largest absolute Gasteiger partial charge is 0.318 e. The van der Waals surface area contributed by atoms with E-state index in [2.05, 4.69) is 5.32 Å². The minimum atomic E-state index is -3.45. The molecule has 114 valence electrons. The van der Waals surface area contributed by atoms with Crippen molar-refractivity contribution >= 4 is 34.0 Å².